The van der Waals surface area contributed by atoms with Gasteiger partial charge in [0.25, 0.3) is 20.2 Å². The van der Waals surface area contributed by atoms with Crippen LogP contribution in [0.4, 0.5) is 11.4 Å². The summed E-state index contributed by atoms with van der Waals surface area (Å²) in [6.45, 7) is 9.99. The van der Waals surface area contributed by atoms with Crippen molar-refractivity contribution in [3.05, 3.63) is 65.2 Å². The zero-order valence-corrected chi connectivity index (χ0v) is 24.2. The molecule has 0 saturated heterocycles. The molecule has 8 nitrogen and oxygen atoms in total. The van der Waals surface area contributed by atoms with Gasteiger partial charge in [-0.1, -0.05) is 30.7 Å². The third-order valence-corrected chi connectivity index (χ3v) is 8.39. The van der Waals surface area contributed by atoms with Crippen molar-refractivity contribution in [3.63, 3.8) is 0 Å². The van der Waals surface area contributed by atoms with Crippen LogP contribution in [0, 0.1) is 6.92 Å². The van der Waals surface area contributed by atoms with E-state index in [2.05, 4.69) is 49.6 Å². The number of hydrogen-bond acceptors (Lipinski definition) is 5. The van der Waals surface area contributed by atoms with Crippen LogP contribution in [0.15, 0.2) is 48.5 Å². The van der Waals surface area contributed by atoms with E-state index in [4.69, 9.17) is 9.11 Å². The molecule has 0 saturated carbocycles. The van der Waals surface area contributed by atoms with E-state index in [-0.39, 0.29) is 23.5 Å². The number of rotatable bonds is 13. The molecule has 0 aliphatic carbocycles. The summed E-state index contributed by atoms with van der Waals surface area (Å²) in [6.07, 6.45) is 6.00. The predicted octanol–water partition coefficient (Wildman–Crippen LogP) is 4.86. The van der Waals surface area contributed by atoms with Gasteiger partial charge in [-0.15, -0.1) is 0 Å². The van der Waals surface area contributed by atoms with E-state index in [0.29, 0.717) is 25.9 Å². The van der Waals surface area contributed by atoms with Gasteiger partial charge in [0.05, 0.1) is 16.9 Å². The summed E-state index contributed by atoms with van der Waals surface area (Å²) in [4.78, 5) is 1.95. The minimum atomic E-state index is -4.03. The number of anilines is 1. The largest absolute Gasteiger partial charge is 0.370 e. The van der Waals surface area contributed by atoms with Crippen LogP contribution < -0.4 is 4.90 Å². The zero-order valence-electron chi connectivity index (χ0n) is 22.6. The molecular formula is C28H39N2O6S2+. The van der Waals surface area contributed by atoms with Crippen molar-refractivity contribution in [1.29, 1.82) is 0 Å². The molecule has 0 bridgehead atoms. The molecule has 10 heteroatoms. The van der Waals surface area contributed by atoms with Crippen molar-refractivity contribution in [2.75, 3.05) is 36.0 Å². The molecule has 0 fully saturated rings. The van der Waals surface area contributed by atoms with Gasteiger partial charge < -0.3 is 4.90 Å². The van der Waals surface area contributed by atoms with Crippen LogP contribution in [0.25, 0.3) is 6.08 Å². The van der Waals surface area contributed by atoms with E-state index < -0.39 is 20.2 Å². The Morgan fingerprint density at radius 1 is 0.895 bits per heavy atom. The quantitative estimate of drug-likeness (QED) is 0.203. The van der Waals surface area contributed by atoms with E-state index in [0.717, 1.165) is 29.1 Å². The van der Waals surface area contributed by atoms with Crippen LogP contribution in [0.2, 0.25) is 0 Å². The third kappa shape index (κ3) is 7.99. The SMILES string of the molecule is CCCN(CCS(=O)(=O)O)c1ccc(/C=C/C2=[N+](CCCCS(=O)(=O)O)c3ccc(C)cc3C2(C)C)cc1. The summed E-state index contributed by atoms with van der Waals surface area (Å²) in [7, 11) is -8.01. The maximum atomic E-state index is 11.2. The average Bonchev–Trinajstić information content (AvgIpc) is 3.02. The molecule has 2 aromatic rings. The molecular weight excluding hydrogens is 524 g/mol. The smallest absolute Gasteiger partial charge is 0.266 e. The van der Waals surface area contributed by atoms with E-state index in [1.54, 1.807) is 0 Å². The summed E-state index contributed by atoms with van der Waals surface area (Å²) in [5.41, 5.74) is 6.23. The Hall–Kier alpha value is -2.53. The Bertz CT molecular complexity index is 1410. The topological polar surface area (TPSA) is 115 Å². The van der Waals surface area contributed by atoms with Crippen molar-refractivity contribution < 1.29 is 30.5 Å². The van der Waals surface area contributed by atoms with Gasteiger partial charge in [-0.25, -0.2) is 0 Å². The van der Waals surface area contributed by atoms with E-state index >= 15 is 0 Å². The number of hydrogen-bond donors (Lipinski definition) is 2. The second-order valence-electron chi connectivity index (χ2n) is 10.4. The molecule has 0 radical (unpaired) electrons. The molecule has 0 amide bonds. The molecule has 0 spiro atoms. The summed E-state index contributed by atoms with van der Waals surface area (Å²) in [5, 5.41) is 0. The number of unbranched alkanes of at least 4 members (excludes halogenated alkanes) is 1. The second-order valence-corrected chi connectivity index (χ2v) is 13.5. The second kappa shape index (κ2) is 12.1. The van der Waals surface area contributed by atoms with E-state index in [1.807, 2.05) is 42.2 Å². The van der Waals surface area contributed by atoms with Gasteiger partial charge >= 0.3 is 0 Å². The number of allylic oxidation sites excluding steroid dienone is 1. The van der Waals surface area contributed by atoms with Crippen LogP contribution in [0.5, 0.6) is 0 Å². The summed E-state index contributed by atoms with van der Waals surface area (Å²) in [5.74, 6) is -0.566. The Morgan fingerprint density at radius 2 is 1.55 bits per heavy atom. The first-order chi connectivity index (χ1) is 17.7. The number of aryl methyl sites for hydroxylation is 1. The number of benzene rings is 2. The van der Waals surface area contributed by atoms with Crippen LogP contribution in [-0.4, -0.2) is 67.4 Å². The summed E-state index contributed by atoms with van der Waals surface area (Å²) < 4.78 is 65.2. The molecule has 0 aromatic heterocycles. The van der Waals surface area contributed by atoms with Crippen molar-refractivity contribution in [3.8, 4) is 0 Å². The molecule has 38 heavy (non-hydrogen) atoms. The third-order valence-electron chi connectivity index (χ3n) is 6.89. The lowest BCUT2D eigenvalue weighted by Gasteiger charge is -2.23. The van der Waals surface area contributed by atoms with Gasteiger partial charge in [-0.05, 0) is 63.5 Å². The van der Waals surface area contributed by atoms with Crippen LogP contribution >= 0.6 is 0 Å². The predicted molar refractivity (Wildman–Crippen MR) is 154 cm³/mol. The summed E-state index contributed by atoms with van der Waals surface area (Å²) in [6, 6.07) is 14.3. The lowest BCUT2D eigenvalue weighted by atomic mass is 9.81. The molecule has 0 unspecified atom stereocenters. The highest BCUT2D eigenvalue weighted by atomic mass is 32.2. The fourth-order valence-electron chi connectivity index (χ4n) is 4.92. The lowest BCUT2D eigenvalue weighted by molar-refractivity contribution is -0.438. The fraction of sp³-hybridized carbons (Fsp3) is 0.464. The van der Waals surface area contributed by atoms with Gasteiger partial charge in [0.2, 0.25) is 5.69 Å². The molecule has 1 aliphatic rings. The first kappa shape index (κ1) is 30.0. The van der Waals surface area contributed by atoms with Crippen molar-refractivity contribution >= 4 is 43.4 Å². The Balaban J connectivity index is 1.86. The average molecular weight is 564 g/mol. The van der Waals surface area contributed by atoms with Crippen molar-refractivity contribution in [1.82, 2.24) is 0 Å². The van der Waals surface area contributed by atoms with Crippen molar-refractivity contribution in [2.45, 2.75) is 52.4 Å². The lowest BCUT2D eigenvalue weighted by Crippen LogP contribution is -2.29. The zero-order chi connectivity index (χ0) is 28.1. The van der Waals surface area contributed by atoms with Gasteiger partial charge in [0, 0.05) is 42.9 Å². The molecule has 208 valence electrons. The fourth-order valence-corrected chi connectivity index (χ4v) is 5.94. The standard InChI is InChI=1S/C28H38N2O6S2/c1-5-16-29(18-20-38(34,35)36)24-12-9-23(10-13-24)11-15-27-28(3,4)25-21-22(2)8-14-26(25)30(27)17-6-7-19-37(31,32)33/h8-15,21H,5-7,16-20H2,1-4H3,(H-,31,32,33,34,35,36)/p+1. The number of fused-ring (bicyclic) bond motifs is 1. The molecule has 2 aromatic carbocycles. The molecule has 3 rings (SSSR count). The minimum absolute atomic E-state index is 0.220. The monoisotopic (exact) mass is 563 g/mol. The van der Waals surface area contributed by atoms with Crippen molar-refractivity contribution in [2.24, 2.45) is 0 Å². The summed E-state index contributed by atoms with van der Waals surface area (Å²) >= 11 is 0. The Labute approximate surface area is 227 Å². The highest BCUT2D eigenvalue weighted by Crippen LogP contribution is 2.40. The van der Waals surface area contributed by atoms with E-state index in [1.165, 1.54) is 11.1 Å². The highest BCUT2D eigenvalue weighted by molar-refractivity contribution is 7.86. The molecule has 1 aliphatic heterocycles. The van der Waals surface area contributed by atoms with E-state index in [9.17, 15) is 16.8 Å². The Morgan fingerprint density at radius 3 is 2.16 bits per heavy atom. The minimum Gasteiger partial charge on any atom is -0.370 e. The first-order valence-corrected chi connectivity index (χ1v) is 16.1. The molecule has 2 N–H and O–H groups in total. The first-order valence-electron chi connectivity index (χ1n) is 12.9. The van der Waals surface area contributed by atoms with Crippen LogP contribution in [0.3, 0.4) is 0 Å². The normalized spacial score (nSPS) is 15.3. The van der Waals surface area contributed by atoms with Gasteiger partial charge in [-0.2, -0.15) is 21.4 Å². The van der Waals surface area contributed by atoms with Gasteiger partial charge in [0.15, 0.2) is 5.71 Å². The maximum absolute atomic E-state index is 11.2. The molecule has 1 heterocycles. The highest BCUT2D eigenvalue weighted by Gasteiger charge is 2.44. The van der Waals surface area contributed by atoms with Gasteiger partial charge in [0.1, 0.15) is 6.54 Å². The van der Waals surface area contributed by atoms with Crippen LogP contribution in [0.1, 0.15) is 56.7 Å². The number of nitrogens with zero attached hydrogens (tertiary/aromatic N) is 2. The van der Waals surface area contributed by atoms with Gasteiger partial charge in [-0.3, -0.25) is 9.11 Å². The molecule has 0 atom stereocenters. The maximum Gasteiger partial charge on any atom is 0.266 e. The Kier molecular flexibility index (Phi) is 9.57. The van der Waals surface area contributed by atoms with Crippen LogP contribution in [-0.2, 0) is 25.7 Å².